The number of hydrogen-bond donors (Lipinski definition) is 0. The molecule has 1 heterocycles. The van der Waals surface area contributed by atoms with Crippen LogP contribution in [-0.2, 0) is 9.53 Å². The molecule has 0 aromatic heterocycles. The molecule has 0 bridgehead atoms. The lowest BCUT2D eigenvalue weighted by Crippen LogP contribution is -2.52. The summed E-state index contributed by atoms with van der Waals surface area (Å²) in [6.07, 6.45) is -0.413. The smallest absolute Gasteiger partial charge is 0.418 e. The number of ether oxygens (including phenoxy) is 1. The highest BCUT2D eigenvalue weighted by atomic mass is 16.6. The summed E-state index contributed by atoms with van der Waals surface area (Å²) in [6.45, 7) is 9.08. The number of benzene rings is 1. The Morgan fingerprint density at radius 2 is 1.80 bits per heavy atom. The topological polar surface area (TPSA) is 66.9 Å². The van der Waals surface area contributed by atoms with Gasteiger partial charge in [0.15, 0.2) is 0 Å². The van der Waals surface area contributed by atoms with Gasteiger partial charge in [-0.1, -0.05) is 26.0 Å². The molecular formula is C19H26N2O4. The second-order valence-corrected chi connectivity index (χ2v) is 7.72. The van der Waals surface area contributed by atoms with Crippen molar-refractivity contribution in [2.24, 2.45) is 5.92 Å². The fraction of sp³-hybridized carbons (Fsp3) is 0.526. The molecule has 0 saturated carbocycles. The van der Waals surface area contributed by atoms with Crippen molar-refractivity contribution in [1.82, 2.24) is 4.90 Å². The normalized spacial score (nSPS) is 18.3. The molecule has 0 saturated heterocycles. The third-order valence-corrected chi connectivity index (χ3v) is 3.93. The third kappa shape index (κ3) is 4.00. The van der Waals surface area contributed by atoms with E-state index >= 15 is 0 Å². The van der Waals surface area contributed by atoms with Crippen LogP contribution in [0.1, 0.15) is 51.4 Å². The van der Waals surface area contributed by atoms with Gasteiger partial charge in [-0.25, -0.2) is 9.69 Å². The molecule has 25 heavy (non-hydrogen) atoms. The summed E-state index contributed by atoms with van der Waals surface area (Å²) in [5.74, 6) is -0.674. The number of carbonyl (C=O) groups excluding carboxylic acids is 3. The highest BCUT2D eigenvalue weighted by Gasteiger charge is 2.43. The SMILES string of the molecule is CC(C)C[C@H]1C(=O)N(C)c2ccccc2C(=O)N1C(=O)OC(C)(C)C. The molecular weight excluding hydrogens is 320 g/mol. The van der Waals surface area contributed by atoms with Crippen molar-refractivity contribution >= 4 is 23.6 Å². The summed E-state index contributed by atoms with van der Waals surface area (Å²) >= 11 is 0. The lowest BCUT2D eigenvalue weighted by Gasteiger charge is -2.31. The molecule has 3 amide bonds. The van der Waals surface area contributed by atoms with Gasteiger partial charge in [-0.15, -0.1) is 0 Å². The molecule has 6 heteroatoms. The minimum Gasteiger partial charge on any atom is -0.443 e. The van der Waals surface area contributed by atoms with Gasteiger partial charge in [-0.3, -0.25) is 9.59 Å². The zero-order valence-corrected chi connectivity index (χ0v) is 15.7. The first-order chi connectivity index (χ1) is 11.5. The highest BCUT2D eigenvalue weighted by Crippen LogP contribution is 2.30. The molecule has 2 rings (SSSR count). The molecule has 136 valence electrons. The minimum atomic E-state index is -0.889. The number of amides is 3. The Morgan fingerprint density at radius 3 is 2.36 bits per heavy atom. The maximum atomic E-state index is 13.1. The number of rotatable bonds is 2. The second-order valence-electron chi connectivity index (χ2n) is 7.72. The molecule has 0 unspecified atom stereocenters. The van der Waals surface area contributed by atoms with Crippen LogP contribution in [0.5, 0.6) is 0 Å². The van der Waals surface area contributed by atoms with Crippen LogP contribution < -0.4 is 4.90 Å². The Balaban J connectivity index is 2.56. The molecule has 6 nitrogen and oxygen atoms in total. The number of anilines is 1. The van der Waals surface area contributed by atoms with Crippen molar-refractivity contribution in [2.45, 2.75) is 52.7 Å². The fourth-order valence-corrected chi connectivity index (χ4v) is 2.84. The van der Waals surface area contributed by atoms with Gasteiger partial charge in [0.05, 0.1) is 11.3 Å². The predicted molar refractivity (Wildman–Crippen MR) is 95.5 cm³/mol. The lowest BCUT2D eigenvalue weighted by molar-refractivity contribution is -0.123. The van der Waals surface area contributed by atoms with Gasteiger partial charge in [-0.2, -0.15) is 0 Å². The van der Waals surface area contributed by atoms with Gasteiger partial charge in [-0.05, 0) is 45.2 Å². The van der Waals surface area contributed by atoms with Gasteiger partial charge >= 0.3 is 6.09 Å². The van der Waals surface area contributed by atoms with Gasteiger partial charge in [0, 0.05) is 7.05 Å². The number of hydrogen-bond acceptors (Lipinski definition) is 4. The van der Waals surface area contributed by atoms with Gasteiger partial charge in [0.1, 0.15) is 11.6 Å². The molecule has 0 N–H and O–H groups in total. The number of para-hydroxylation sites is 1. The third-order valence-electron chi connectivity index (χ3n) is 3.93. The first-order valence-corrected chi connectivity index (χ1v) is 8.46. The fourth-order valence-electron chi connectivity index (χ4n) is 2.84. The van der Waals surface area contributed by atoms with Crippen molar-refractivity contribution in [3.63, 3.8) is 0 Å². The standard InChI is InChI=1S/C19H26N2O4/c1-12(2)11-15-17(23)20(6)14-10-8-7-9-13(14)16(22)21(15)18(24)25-19(3,4)5/h7-10,12,15H,11H2,1-6H3/t15-/m0/s1. The number of carbonyl (C=O) groups is 3. The largest absolute Gasteiger partial charge is 0.443 e. The summed E-state index contributed by atoms with van der Waals surface area (Å²) < 4.78 is 5.41. The quantitative estimate of drug-likeness (QED) is 0.822. The van der Waals surface area contributed by atoms with Gasteiger partial charge in [0.25, 0.3) is 5.91 Å². The summed E-state index contributed by atoms with van der Waals surface area (Å²) in [7, 11) is 1.63. The van der Waals surface area contributed by atoms with Crippen molar-refractivity contribution in [2.75, 3.05) is 11.9 Å². The van der Waals surface area contributed by atoms with Crippen LogP contribution in [0, 0.1) is 5.92 Å². The van der Waals surface area contributed by atoms with Gasteiger partial charge in [0.2, 0.25) is 5.91 Å². The maximum Gasteiger partial charge on any atom is 0.418 e. The predicted octanol–water partition coefficient (Wildman–Crippen LogP) is 3.46. The van der Waals surface area contributed by atoms with Crippen LogP contribution >= 0.6 is 0 Å². The lowest BCUT2D eigenvalue weighted by atomic mass is 10.0. The first-order valence-electron chi connectivity index (χ1n) is 8.46. The van der Waals surface area contributed by atoms with Crippen molar-refractivity contribution in [3.05, 3.63) is 29.8 Å². The van der Waals surface area contributed by atoms with E-state index in [0.717, 1.165) is 4.90 Å². The van der Waals surface area contributed by atoms with E-state index in [-0.39, 0.29) is 11.8 Å². The summed E-state index contributed by atoms with van der Waals surface area (Å²) in [6, 6.07) is 5.91. The van der Waals surface area contributed by atoms with E-state index < -0.39 is 23.6 Å². The Labute approximate surface area is 148 Å². The van der Waals surface area contributed by atoms with Crippen LogP contribution in [0.3, 0.4) is 0 Å². The molecule has 0 aliphatic carbocycles. The molecule has 1 aromatic carbocycles. The van der Waals surface area contributed by atoms with Crippen LogP contribution in [-0.4, -0.2) is 41.5 Å². The molecule has 0 fully saturated rings. The molecule has 0 spiro atoms. The minimum absolute atomic E-state index is 0.126. The number of nitrogens with zero attached hydrogens (tertiary/aromatic N) is 2. The summed E-state index contributed by atoms with van der Waals surface area (Å²) in [4.78, 5) is 41.3. The average molecular weight is 346 g/mol. The number of fused-ring (bicyclic) bond motifs is 1. The zero-order valence-electron chi connectivity index (χ0n) is 15.7. The molecule has 1 aliphatic rings. The average Bonchev–Trinajstić information content (AvgIpc) is 2.56. The van der Waals surface area contributed by atoms with E-state index in [2.05, 4.69) is 0 Å². The van der Waals surface area contributed by atoms with Crippen molar-refractivity contribution < 1.29 is 19.1 Å². The van der Waals surface area contributed by atoms with E-state index in [4.69, 9.17) is 4.74 Å². The second kappa shape index (κ2) is 6.86. The molecule has 1 aromatic rings. The summed E-state index contributed by atoms with van der Waals surface area (Å²) in [5, 5.41) is 0. The van der Waals surface area contributed by atoms with E-state index in [0.29, 0.717) is 17.7 Å². The van der Waals surface area contributed by atoms with Crippen LogP contribution in [0.15, 0.2) is 24.3 Å². The van der Waals surface area contributed by atoms with Crippen LogP contribution in [0.2, 0.25) is 0 Å². The van der Waals surface area contributed by atoms with E-state index in [9.17, 15) is 14.4 Å². The number of likely N-dealkylation sites (N-methyl/N-ethyl adjacent to an activating group) is 1. The van der Waals surface area contributed by atoms with Crippen LogP contribution in [0.25, 0.3) is 0 Å². The zero-order chi connectivity index (χ0) is 18.9. The van der Waals surface area contributed by atoms with Crippen molar-refractivity contribution in [3.8, 4) is 0 Å². The maximum absolute atomic E-state index is 13.1. The van der Waals surface area contributed by atoms with E-state index in [1.54, 1.807) is 52.1 Å². The molecule has 1 aliphatic heterocycles. The Hall–Kier alpha value is -2.37. The van der Waals surface area contributed by atoms with Crippen LogP contribution in [0.4, 0.5) is 10.5 Å². The molecule has 1 atom stereocenters. The van der Waals surface area contributed by atoms with E-state index in [1.807, 2.05) is 13.8 Å². The van der Waals surface area contributed by atoms with Gasteiger partial charge < -0.3 is 9.64 Å². The first kappa shape index (κ1) is 19.0. The molecule has 0 radical (unpaired) electrons. The number of imide groups is 1. The monoisotopic (exact) mass is 346 g/mol. The Bertz CT molecular complexity index is 691. The summed E-state index contributed by atoms with van der Waals surface area (Å²) in [5.41, 5.74) is 0.0494. The van der Waals surface area contributed by atoms with Crippen molar-refractivity contribution in [1.29, 1.82) is 0 Å². The highest BCUT2D eigenvalue weighted by molar-refractivity contribution is 6.15. The Kier molecular flexibility index (Phi) is 5.20. The van der Waals surface area contributed by atoms with E-state index in [1.165, 1.54) is 4.90 Å². The Morgan fingerprint density at radius 1 is 1.20 bits per heavy atom.